The maximum atomic E-state index is 12.1. The molecule has 0 bridgehead atoms. The lowest BCUT2D eigenvalue weighted by Crippen LogP contribution is -2.26. The van der Waals surface area contributed by atoms with Gasteiger partial charge in [-0.15, -0.1) is 0 Å². The van der Waals surface area contributed by atoms with Gasteiger partial charge in [0.05, 0.1) is 5.56 Å². The molecule has 1 aliphatic rings. The van der Waals surface area contributed by atoms with Gasteiger partial charge in [-0.2, -0.15) is 11.3 Å². The third-order valence-electron chi connectivity index (χ3n) is 4.98. The molecule has 2 N–H and O–H groups in total. The van der Waals surface area contributed by atoms with Crippen LogP contribution in [-0.2, 0) is 4.74 Å². The van der Waals surface area contributed by atoms with E-state index in [1.807, 2.05) is 24.3 Å². The minimum Gasteiger partial charge on any atom is -0.478 e. The second-order valence-corrected chi connectivity index (χ2v) is 7.55. The molecule has 0 aliphatic heterocycles. The summed E-state index contributed by atoms with van der Waals surface area (Å²) in [6.07, 6.45) is -0.0838. The van der Waals surface area contributed by atoms with Crippen molar-refractivity contribution in [3.63, 3.8) is 0 Å². The van der Waals surface area contributed by atoms with Gasteiger partial charge in [-0.1, -0.05) is 60.4 Å². The van der Waals surface area contributed by atoms with E-state index in [0.717, 1.165) is 0 Å². The maximum Gasteiger partial charge on any atom is 0.407 e. The van der Waals surface area contributed by atoms with E-state index in [0.29, 0.717) is 18.5 Å². The standard InChI is InChI=1S/C24H19NO4S/c26-23(27)22-15-30-14-16(22)7-5-6-12-25-24(28)29-13-21-19-10-3-1-8-17(19)18-9-2-4-11-20(18)21/h1-4,8-11,14-15,21H,6,12-13H2,(H,25,28)(H,26,27). The number of aromatic carboxylic acids is 1. The molecule has 4 rings (SSSR count). The fourth-order valence-corrected chi connectivity index (χ4v) is 4.35. The van der Waals surface area contributed by atoms with E-state index in [4.69, 9.17) is 9.84 Å². The van der Waals surface area contributed by atoms with Gasteiger partial charge in [0, 0.05) is 35.2 Å². The van der Waals surface area contributed by atoms with Crippen LogP contribution in [0.1, 0.15) is 39.4 Å². The molecule has 0 spiro atoms. The minimum atomic E-state index is -0.989. The normalized spacial score (nSPS) is 11.7. The fraction of sp³-hybridized carbons (Fsp3) is 0.167. The summed E-state index contributed by atoms with van der Waals surface area (Å²) in [6.45, 7) is 0.596. The zero-order chi connectivity index (χ0) is 20.9. The zero-order valence-electron chi connectivity index (χ0n) is 16.1. The predicted molar refractivity (Wildman–Crippen MR) is 116 cm³/mol. The van der Waals surface area contributed by atoms with Crippen molar-refractivity contribution in [1.82, 2.24) is 5.32 Å². The summed E-state index contributed by atoms with van der Waals surface area (Å²) < 4.78 is 5.47. The molecule has 150 valence electrons. The van der Waals surface area contributed by atoms with Crippen LogP contribution in [0.25, 0.3) is 11.1 Å². The van der Waals surface area contributed by atoms with E-state index >= 15 is 0 Å². The van der Waals surface area contributed by atoms with Gasteiger partial charge >= 0.3 is 12.1 Å². The molecule has 1 amide bonds. The number of rotatable bonds is 5. The summed E-state index contributed by atoms with van der Waals surface area (Å²) >= 11 is 1.30. The number of alkyl carbamates (subject to hydrolysis) is 1. The third kappa shape index (κ3) is 4.07. The highest BCUT2D eigenvalue weighted by atomic mass is 32.1. The molecular formula is C24H19NO4S. The van der Waals surface area contributed by atoms with Gasteiger partial charge in [0.15, 0.2) is 0 Å². The van der Waals surface area contributed by atoms with Crippen LogP contribution in [0.2, 0.25) is 0 Å². The highest BCUT2D eigenvalue weighted by Crippen LogP contribution is 2.44. The Morgan fingerprint density at radius 1 is 1.03 bits per heavy atom. The average Bonchev–Trinajstić information content (AvgIpc) is 3.35. The monoisotopic (exact) mass is 417 g/mol. The molecule has 30 heavy (non-hydrogen) atoms. The van der Waals surface area contributed by atoms with E-state index in [1.54, 1.807) is 10.8 Å². The Labute approximate surface area is 178 Å². The highest BCUT2D eigenvalue weighted by molar-refractivity contribution is 7.08. The summed E-state index contributed by atoms with van der Waals surface area (Å²) in [4.78, 5) is 23.2. The topological polar surface area (TPSA) is 75.6 Å². The molecule has 2 aromatic carbocycles. The molecule has 3 aromatic rings. The van der Waals surface area contributed by atoms with Crippen LogP contribution in [0.3, 0.4) is 0 Å². The Morgan fingerprint density at radius 3 is 2.37 bits per heavy atom. The number of carbonyl (C=O) groups excluding carboxylic acids is 1. The Kier molecular flexibility index (Phi) is 5.82. The first kappa shape index (κ1) is 19.7. The predicted octanol–water partition coefficient (Wildman–Crippen LogP) is 4.73. The van der Waals surface area contributed by atoms with Crippen molar-refractivity contribution < 1.29 is 19.4 Å². The number of hydrogen-bond acceptors (Lipinski definition) is 4. The highest BCUT2D eigenvalue weighted by Gasteiger charge is 2.28. The lowest BCUT2D eigenvalue weighted by Gasteiger charge is -2.14. The first-order valence-corrected chi connectivity index (χ1v) is 10.5. The molecule has 5 nitrogen and oxygen atoms in total. The molecule has 6 heteroatoms. The van der Waals surface area contributed by atoms with Crippen molar-refractivity contribution in [2.75, 3.05) is 13.2 Å². The quantitative estimate of drug-likeness (QED) is 0.465. The lowest BCUT2D eigenvalue weighted by atomic mass is 9.98. The molecule has 0 radical (unpaired) electrons. The van der Waals surface area contributed by atoms with Crippen LogP contribution in [0.15, 0.2) is 59.3 Å². The smallest absolute Gasteiger partial charge is 0.407 e. The van der Waals surface area contributed by atoms with Crippen LogP contribution >= 0.6 is 11.3 Å². The second kappa shape index (κ2) is 8.85. The van der Waals surface area contributed by atoms with Crippen LogP contribution in [0, 0.1) is 11.8 Å². The van der Waals surface area contributed by atoms with Crippen molar-refractivity contribution in [1.29, 1.82) is 0 Å². The van der Waals surface area contributed by atoms with E-state index in [-0.39, 0.29) is 18.1 Å². The molecule has 1 aliphatic carbocycles. The van der Waals surface area contributed by atoms with Crippen LogP contribution < -0.4 is 5.32 Å². The summed E-state index contributed by atoms with van der Waals surface area (Å²) in [5.74, 6) is 4.75. The van der Waals surface area contributed by atoms with Gasteiger partial charge < -0.3 is 15.2 Å². The van der Waals surface area contributed by atoms with Crippen molar-refractivity contribution in [3.8, 4) is 23.0 Å². The molecular weight excluding hydrogens is 398 g/mol. The fourth-order valence-electron chi connectivity index (χ4n) is 3.59. The Hall–Kier alpha value is -3.56. The number of thiophene rings is 1. The number of carboxylic acids is 1. The van der Waals surface area contributed by atoms with E-state index < -0.39 is 12.1 Å². The largest absolute Gasteiger partial charge is 0.478 e. The zero-order valence-corrected chi connectivity index (χ0v) is 16.9. The lowest BCUT2D eigenvalue weighted by molar-refractivity contribution is 0.0697. The SMILES string of the molecule is O=C(NCCC#Cc1cscc1C(=O)O)OCC1c2ccccc2-c2ccccc21. The Balaban J connectivity index is 1.29. The van der Waals surface area contributed by atoms with Gasteiger partial charge in [0.1, 0.15) is 6.61 Å². The molecule has 0 saturated heterocycles. The number of amides is 1. The molecule has 0 saturated carbocycles. The molecule has 1 aromatic heterocycles. The first-order chi connectivity index (χ1) is 14.6. The summed E-state index contributed by atoms with van der Waals surface area (Å²) in [5, 5.41) is 15.0. The number of hydrogen-bond donors (Lipinski definition) is 2. The molecule has 0 atom stereocenters. The van der Waals surface area contributed by atoms with Gasteiger partial charge in [0.25, 0.3) is 0 Å². The van der Waals surface area contributed by atoms with Crippen LogP contribution in [0.4, 0.5) is 4.79 Å². The van der Waals surface area contributed by atoms with Crippen molar-refractivity contribution >= 4 is 23.4 Å². The number of nitrogens with one attached hydrogen (secondary N) is 1. The summed E-state index contributed by atoms with van der Waals surface area (Å²) in [5.41, 5.74) is 5.41. The van der Waals surface area contributed by atoms with E-state index in [2.05, 4.69) is 41.4 Å². The molecule has 0 fully saturated rings. The molecule has 1 heterocycles. The van der Waals surface area contributed by atoms with E-state index in [1.165, 1.54) is 33.6 Å². The summed E-state index contributed by atoms with van der Waals surface area (Å²) in [7, 11) is 0. The van der Waals surface area contributed by atoms with Gasteiger partial charge in [-0.05, 0) is 22.3 Å². The van der Waals surface area contributed by atoms with E-state index in [9.17, 15) is 9.59 Å². The molecule has 0 unspecified atom stereocenters. The number of carbonyl (C=O) groups is 2. The van der Waals surface area contributed by atoms with Crippen molar-refractivity contribution in [3.05, 3.63) is 81.5 Å². The minimum absolute atomic E-state index is 0.0240. The Morgan fingerprint density at radius 2 is 1.70 bits per heavy atom. The number of ether oxygens (including phenoxy) is 1. The number of fused-ring (bicyclic) bond motifs is 3. The Bertz CT molecular complexity index is 1110. The van der Waals surface area contributed by atoms with Gasteiger partial charge in [0.2, 0.25) is 0 Å². The third-order valence-corrected chi connectivity index (χ3v) is 5.72. The maximum absolute atomic E-state index is 12.1. The average molecular weight is 417 g/mol. The number of carboxylic acid groups (broad SMARTS) is 1. The van der Waals surface area contributed by atoms with Crippen molar-refractivity contribution in [2.45, 2.75) is 12.3 Å². The summed E-state index contributed by atoms with van der Waals surface area (Å²) in [6, 6.07) is 16.4. The number of benzene rings is 2. The van der Waals surface area contributed by atoms with Crippen LogP contribution in [-0.4, -0.2) is 30.3 Å². The van der Waals surface area contributed by atoms with Crippen molar-refractivity contribution in [2.24, 2.45) is 0 Å². The first-order valence-electron chi connectivity index (χ1n) is 9.52. The second-order valence-electron chi connectivity index (χ2n) is 6.81. The van der Waals surface area contributed by atoms with Gasteiger partial charge in [-0.25, -0.2) is 9.59 Å². The van der Waals surface area contributed by atoms with Crippen LogP contribution in [0.5, 0.6) is 0 Å². The van der Waals surface area contributed by atoms with Gasteiger partial charge in [-0.3, -0.25) is 0 Å².